The Bertz CT molecular complexity index is 1300. The summed E-state index contributed by atoms with van der Waals surface area (Å²) in [6, 6.07) is 9.15. The Morgan fingerprint density at radius 1 is 1.14 bits per heavy atom. The summed E-state index contributed by atoms with van der Waals surface area (Å²) in [5.74, 6) is 0.0226. The van der Waals surface area contributed by atoms with E-state index in [9.17, 15) is 9.90 Å². The number of fused-ring (bicyclic) bond motifs is 2. The Morgan fingerprint density at radius 2 is 2.00 bits per heavy atom. The van der Waals surface area contributed by atoms with Crippen LogP contribution in [0.2, 0.25) is 0 Å². The standard InChI is InChI=1S/C28H33N5O2/c29-28(35)26-21-8-11-30-27(21)22(15-25(26)32-12-9-18(16-32)10-13-34)19-6-7-24-23(14-19)31-17-33(24)20-4-2-1-3-5-20/h6-7,11,14-15,17-18,20,34H,1-5,8-10,12-13,16H2,(H2,29,35). The molecular formula is C28H33N5O2. The number of hydrogen-bond donors (Lipinski definition) is 2. The molecule has 2 fully saturated rings. The summed E-state index contributed by atoms with van der Waals surface area (Å²) in [6.07, 6.45) is 12.6. The lowest BCUT2D eigenvalue weighted by molar-refractivity contribution is 0.1000. The van der Waals surface area contributed by atoms with Crippen molar-refractivity contribution in [3.63, 3.8) is 0 Å². The van der Waals surface area contributed by atoms with Crippen molar-refractivity contribution < 1.29 is 9.90 Å². The molecule has 3 aromatic rings. The van der Waals surface area contributed by atoms with Crippen LogP contribution in [0.5, 0.6) is 0 Å². The Kier molecular flexibility index (Phi) is 5.80. The van der Waals surface area contributed by atoms with E-state index in [1.165, 1.54) is 37.6 Å². The maximum atomic E-state index is 12.6. The van der Waals surface area contributed by atoms with Crippen LogP contribution in [0.3, 0.4) is 0 Å². The number of primary amides is 1. The molecule has 7 nitrogen and oxygen atoms in total. The quantitative estimate of drug-likeness (QED) is 0.541. The number of carbonyl (C=O) groups excluding carboxylic acids is 1. The summed E-state index contributed by atoms with van der Waals surface area (Å²) in [5.41, 5.74) is 13.4. The number of imidazole rings is 1. The van der Waals surface area contributed by atoms with Gasteiger partial charge in [-0.3, -0.25) is 9.79 Å². The third-order valence-electron chi connectivity index (χ3n) is 8.16. The number of rotatable bonds is 6. The number of benzene rings is 2. The lowest BCUT2D eigenvalue weighted by atomic mass is 9.93. The van der Waals surface area contributed by atoms with Gasteiger partial charge in [0.2, 0.25) is 0 Å². The number of amides is 1. The molecule has 3 heterocycles. The molecule has 1 aliphatic carbocycles. The number of aliphatic hydroxyl groups is 1. The number of aromatic nitrogens is 2. The van der Waals surface area contributed by atoms with Crippen LogP contribution in [0.25, 0.3) is 22.2 Å². The minimum Gasteiger partial charge on any atom is -0.396 e. The molecule has 0 radical (unpaired) electrons. The molecular weight excluding hydrogens is 438 g/mol. The monoisotopic (exact) mass is 471 g/mol. The van der Waals surface area contributed by atoms with Crippen molar-refractivity contribution in [1.82, 2.24) is 9.55 Å². The van der Waals surface area contributed by atoms with Crippen LogP contribution in [-0.4, -0.2) is 46.5 Å². The summed E-state index contributed by atoms with van der Waals surface area (Å²) in [5, 5.41) is 9.40. The lowest BCUT2D eigenvalue weighted by Gasteiger charge is -2.25. The number of aliphatic imine (C=N–C) groups is 1. The van der Waals surface area contributed by atoms with Crippen molar-refractivity contribution in [2.24, 2.45) is 16.6 Å². The summed E-state index contributed by atoms with van der Waals surface area (Å²) in [4.78, 5) is 24.3. The number of anilines is 1. The third-order valence-corrected chi connectivity index (χ3v) is 8.16. The van der Waals surface area contributed by atoms with Crippen LogP contribution < -0.4 is 10.6 Å². The number of nitrogens with two attached hydrogens (primary N) is 1. The maximum Gasteiger partial charge on any atom is 0.251 e. The van der Waals surface area contributed by atoms with Gasteiger partial charge in [-0.25, -0.2) is 4.98 Å². The minimum absolute atomic E-state index is 0.192. The molecule has 3 aliphatic rings. The summed E-state index contributed by atoms with van der Waals surface area (Å²) < 4.78 is 2.36. The van der Waals surface area contributed by atoms with Gasteiger partial charge < -0.3 is 20.3 Å². The first-order chi connectivity index (χ1) is 17.1. The van der Waals surface area contributed by atoms with E-state index in [1.54, 1.807) is 0 Å². The van der Waals surface area contributed by atoms with Crippen molar-refractivity contribution in [2.75, 3.05) is 24.6 Å². The van der Waals surface area contributed by atoms with Crippen LogP contribution in [0.15, 0.2) is 35.6 Å². The fraction of sp³-hybridized carbons (Fsp3) is 0.464. The predicted octanol–water partition coefficient (Wildman–Crippen LogP) is 4.77. The molecule has 35 heavy (non-hydrogen) atoms. The highest BCUT2D eigenvalue weighted by molar-refractivity contribution is 6.06. The number of aliphatic hydroxyl groups excluding tert-OH is 1. The van der Waals surface area contributed by atoms with Gasteiger partial charge in [-0.1, -0.05) is 25.3 Å². The first kappa shape index (κ1) is 22.3. The summed E-state index contributed by atoms with van der Waals surface area (Å²) >= 11 is 0. The van der Waals surface area contributed by atoms with Crippen LogP contribution in [-0.2, 0) is 6.42 Å². The van der Waals surface area contributed by atoms with Gasteiger partial charge in [0.05, 0.1) is 34.3 Å². The largest absolute Gasteiger partial charge is 0.396 e. The van der Waals surface area contributed by atoms with Gasteiger partial charge in [-0.15, -0.1) is 0 Å². The van der Waals surface area contributed by atoms with E-state index >= 15 is 0 Å². The Labute approximate surface area is 205 Å². The van der Waals surface area contributed by atoms with Gasteiger partial charge in [0.15, 0.2) is 0 Å². The molecule has 6 rings (SSSR count). The topological polar surface area (TPSA) is 96.7 Å². The van der Waals surface area contributed by atoms with Crippen molar-refractivity contribution in [3.05, 3.63) is 41.7 Å². The lowest BCUT2D eigenvalue weighted by Crippen LogP contribution is -2.25. The average Bonchev–Trinajstić information content (AvgIpc) is 3.63. The molecule has 1 aromatic heterocycles. The molecule has 0 bridgehead atoms. The smallest absolute Gasteiger partial charge is 0.251 e. The SMILES string of the molecule is NC(=O)c1c(N2CCC(CCO)C2)cc(-c2ccc3c(c2)ncn3C2CCCCC2)c2c1CC=N2. The fourth-order valence-corrected chi connectivity index (χ4v) is 6.35. The zero-order valence-electron chi connectivity index (χ0n) is 20.1. The van der Waals surface area contributed by atoms with Gasteiger partial charge in [0.1, 0.15) is 0 Å². The first-order valence-electron chi connectivity index (χ1n) is 13.0. The second-order valence-electron chi connectivity index (χ2n) is 10.3. The summed E-state index contributed by atoms with van der Waals surface area (Å²) in [6.45, 7) is 1.87. The zero-order valence-corrected chi connectivity index (χ0v) is 20.1. The number of hydrogen-bond acceptors (Lipinski definition) is 5. The van der Waals surface area contributed by atoms with Crippen LogP contribution in [0.4, 0.5) is 11.4 Å². The van der Waals surface area contributed by atoms with E-state index in [4.69, 9.17) is 10.7 Å². The fourth-order valence-electron chi connectivity index (χ4n) is 6.35. The highest BCUT2D eigenvalue weighted by Crippen LogP contribution is 2.44. The van der Waals surface area contributed by atoms with Crippen molar-refractivity contribution in [3.8, 4) is 11.1 Å². The molecule has 0 spiro atoms. The third kappa shape index (κ3) is 3.92. The van der Waals surface area contributed by atoms with Crippen LogP contribution in [0.1, 0.15) is 66.9 Å². The van der Waals surface area contributed by atoms with Crippen molar-refractivity contribution >= 4 is 34.5 Å². The Morgan fingerprint density at radius 3 is 2.80 bits per heavy atom. The van der Waals surface area contributed by atoms with Gasteiger partial charge >= 0.3 is 0 Å². The summed E-state index contributed by atoms with van der Waals surface area (Å²) in [7, 11) is 0. The van der Waals surface area contributed by atoms with E-state index in [-0.39, 0.29) is 6.61 Å². The van der Waals surface area contributed by atoms with E-state index < -0.39 is 5.91 Å². The molecule has 1 amide bonds. The molecule has 1 saturated carbocycles. The highest BCUT2D eigenvalue weighted by atomic mass is 16.3. The first-order valence-corrected chi connectivity index (χ1v) is 13.0. The number of nitrogens with zero attached hydrogens (tertiary/aromatic N) is 4. The molecule has 1 unspecified atom stereocenters. The zero-order chi connectivity index (χ0) is 23.9. The van der Waals surface area contributed by atoms with E-state index in [0.29, 0.717) is 23.9 Å². The Balaban J connectivity index is 1.43. The molecule has 7 heteroatoms. The van der Waals surface area contributed by atoms with E-state index in [1.807, 2.05) is 12.5 Å². The molecule has 2 aromatic carbocycles. The average molecular weight is 472 g/mol. The second kappa shape index (κ2) is 9.11. The van der Waals surface area contributed by atoms with E-state index in [2.05, 4.69) is 38.7 Å². The number of carbonyl (C=O) groups is 1. The normalized spacial score (nSPS) is 20.1. The van der Waals surface area contributed by atoms with Crippen molar-refractivity contribution in [1.29, 1.82) is 0 Å². The van der Waals surface area contributed by atoms with Gasteiger partial charge in [0, 0.05) is 43.9 Å². The van der Waals surface area contributed by atoms with Crippen molar-refractivity contribution in [2.45, 2.75) is 57.4 Å². The maximum absolute atomic E-state index is 12.6. The molecule has 2 aliphatic heterocycles. The molecule has 182 valence electrons. The Hall–Kier alpha value is -3.19. The van der Waals surface area contributed by atoms with Gasteiger partial charge in [-0.2, -0.15) is 0 Å². The minimum atomic E-state index is -0.402. The molecule has 3 N–H and O–H groups in total. The van der Waals surface area contributed by atoms with Gasteiger partial charge in [-0.05, 0) is 60.9 Å². The molecule has 1 saturated heterocycles. The second-order valence-corrected chi connectivity index (χ2v) is 10.3. The van der Waals surface area contributed by atoms with Crippen LogP contribution >= 0.6 is 0 Å². The predicted molar refractivity (Wildman–Crippen MR) is 140 cm³/mol. The van der Waals surface area contributed by atoms with E-state index in [0.717, 1.165) is 59.5 Å². The van der Waals surface area contributed by atoms with Gasteiger partial charge in [0.25, 0.3) is 5.91 Å². The molecule has 1 atom stereocenters. The van der Waals surface area contributed by atoms with Crippen LogP contribution in [0, 0.1) is 5.92 Å². The highest BCUT2D eigenvalue weighted by Gasteiger charge is 2.30.